The topological polar surface area (TPSA) is 92.9 Å². The van der Waals surface area contributed by atoms with Crippen molar-refractivity contribution in [3.05, 3.63) is 0 Å². The monoisotopic (exact) mass is 298 g/mol. The lowest BCUT2D eigenvalue weighted by molar-refractivity contribution is -0.164. The lowest BCUT2D eigenvalue weighted by atomic mass is 9.95. The van der Waals surface area contributed by atoms with Gasteiger partial charge in [0.05, 0.1) is 6.04 Å². The van der Waals surface area contributed by atoms with Crippen molar-refractivity contribution in [3.8, 4) is 0 Å². The molecule has 1 amide bonds. The first kappa shape index (κ1) is 16.2. The predicted molar refractivity (Wildman–Crippen MR) is 77.3 cm³/mol. The second-order valence-corrected chi connectivity index (χ2v) is 7.07. The van der Waals surface area contributed by atoms with Crippen LogP contribution in [-0.4, -0.2) is 52.2 Å². The van der Waals surface area contributed by atoms with E-state index in [4.69, 9.17) is 10.5 Å². The van der Waals surface area contributed by atoms with Crippen molar-refractivity contribution in [1.29, 1.82) is 0 Å². The van der Waals surface area contributed by atoms with Gasteiger partial charge >= 0.3 is 5.97 Å². The van der Waals surface area contributed by atoms with Gasteiger partial charge in [-0.3, -0.25) is 4.79 Å². The molecular formula is C15H26N2O4. The average Bonchev–Trinajstić information content (AvgIpc) is 2.75. The third-order valence-corrected chi connectivity index (χ3v) is 4.33. The third-order valence-electron chi connectivity index (χ3n) is 4.33. The smallest absolute Gasteiger partial charge is 0.329 e. The molecule has 3 unspecified atom stereocenters. The number of amides is 1. The molecule has 3 N–H and O–H groups in total. The standard InChI is InChI=1S/C15H26N2O4/c1-15(2,3)21-14(20)11-7-6-10-5-4-9(8-18)12(16)13(19)17(10)11/h9-12,18H,4-8,16H2,1-3H3/t9?,10?,11-,12?/m0/s1. The summed E-state index contributed by atoms with van der Waals surface area (Å²) in [6.45, 7) is 5.35. The highest BCUT2D eigenvalue weighted by molar-refractivity contribution is 5.89. The Labute approximate surface area is 125 Å². The van der Waals surface area contributed by atoms with Crippen LogP contribution in [0.25, 0.3) is 0 Å². The van der Waals surface area contributed by atoms with Crippen LogP contribution in [0.5, 0.6) is 0 Å². The third kappa shape index (κ3) is 3.37. The Hall–Kier alpha value is -1.14. The molecule has 2 aliphatic heterocycles. The first-order valence-corrected chi connectivity index (χ1v) is 7.66. The fourth-order valence-electron chi connectivity index (χ4n) is 3.27. The van der Waals surface area contributed by atoms with E-state index < -0.39 is 17.7 Å². The van der Waals surface area contributed by atoms with E-state index in [1.54, 1.807) is 4.90 Å². The van der Waals surface area contributed by atoms with Gasteiger partial charge < -0.3 is 20.5 Å². The number of hydrogen-bond donors (Lipinski definition) is 2. The summed E-state index contributed by atoms with van der Waals surface area (Å²) in [5, 5.41) is 9.35. The van der Waals surface area contributed by atoms with E-state index in [1.807, 2.05) is 20.8 Å². The largest absolute Gasteiger partial charge is 0.458 e. The van der Waals surface area contributed by atoms with Crippen molar-refractivity contribution < 1.29 is 19.4 Å². The fourth-order valence-corrected chi connectivity index (χ4v) is 3.27. The molecule has 0 radical (unpaired) electrons. The zero-order valence-electron chi connectivity index (χ0n) is 13.0. The Morgan fingerprint density at radius 1 is 1.33 bits per heavy atom. The van der Waals surface area contributed by atoms with Crippen LogP contribution in [0, 0.1) is 5.92 Å². The van der Waals surface area contributed by atoms with Crippen LogP contribution in [0.4, 0.5) is 0 Å². The normalized spacial score (nSPS) is 33.6. The molecule has 6 heteroatoms. The van der Waals surface area contributed by atoms with Crippen molar-refractivity contribution in [3.63, 3.8) is 0 Å². The van der Waals surface area contributed by atoms with Crippen molar-refractivity contribution >= 4 is 11.9 Å². The minimum Gasteiger partial charge on any atom is -0.458 e. The molecule has 0 bridgehead atoms. The van der Waals surface area contributed by atoms with E-state index in [0.29, 0.717) is 12.8 Å². The SMILES string of the molecule is CC(C)(C)OC(=O)[C@@H]1CCC2CCC(CO)C(N)C(=O)N21. The zero-order valence-corrected chi connectivity index (χ0v) is 13.0. The minimum absolute atomic E-state index is 0.0395. The van der Waals surface area contributed by atoms with Gasteiger partial charge in [0.15, 0.2) is 0 Å². The van der Waals surface area contributed by atoms with Crippen molar-refractivity contribution in [2.24, 2.45) is 11.7 Å². The maximum Gasteiger partial charge on any atom is 0.329 e. The molecule has 2 heterocycles. The molecule has 2 fully saturated rings. The zero-order chi connectivity index (χ0) is 15.8. The summed E-state index contributed by atoms with van der Waals surface area (Å²) >= 11 is 0. The molecule has 0 saturated carbocycles. The molecule has 4 atom stereocenters. The number of aliphatic hydroxyl groups is 1. The van der Waals surface area contributed by atoms with Gasteiger partial charge in [0.1, 0.15) is 11.6 Å². The van der Waals surface area contributed by atoms with E-state index >= 15 is 0 Å². The number of nitrogens with two attached hydrogens (primary N) is 1. The molecule has 21 heavy (non-hydrogen) atoms. The summed E-state index contributed by atoms with van der Waals surface area (Å²) < 4.78 is 5.43. The number of ether oxygens (including phenoxy) is 1. The van der Waals surface area contributed by atoms with E-state index in [0.717, 1.165) is 12.8 Å². The van der Waals surface area contributed by atoms with E-state index in [1.165, 1.54) is 0 Å². The molecule has 2 saturated heterocycles. The van der Waals surface area contributed by atoms with Crippen molar-refractivity contribution in [1.82, 2.24) is 4.90 Å². The van der Waals surface area contributed by atoms with Crippen LogP contribution in [-0.2, 0) is 14.3 Å². The van der Waals surface area contributed by atoms with Crippen LogP contribution in [0.1, 0.15) is 46.5 Å². The van der Waals surface area contributed by atoms with Crippen molar-refractivity contribution in [2.75, 3.05) is 6.61 Å². The number of esters is 1. The summed E-state index contributed by atoms with van der Waals surface area (Å²) in [4.78, 5) is 26.5. The first-order valence-electron chi connectivity index (χ1n) is 7.66. The van der Waals surface area contributed by atoms with Gasteiger partial charge in [-0.1, -0.05) is 0 Å². The summed E-state index contributed by atoms with van der Waals surface area (Å²) in [7, 11) is 0. The molecule has 0 aromatic heterocycles. The van der Waals surface area contributed by atoms with Gasteiger partial charge in [0.2, 0.25) is 5.91 Å². The summed E-state index contributed by atoms with van der Waals surface area (Å²) in [5.41, 5.74) is 5.41. The molecule has 0 spiro atoms. The van der Waals surface area contributed by atoms with Crippen LogP contribution >= 0.6 is 0 Å². The maximum atomic E-state index is 12.6. The second kappa shape index (κ2) is 5.93. The number of carbonyl (C=O) groups is 2. The highest BCUT2D eigenvalue weighted by atomic mass is 16.6. The number of aliphatic hydroxyl groups excluding tert-OH is 1. The average molecular weight is 298 g/mol. The predicted octanol–water partition coefficient (Wildman–Crippen LogP) is 0.417. The number of rotatable bonds is 2. The molecule has 2 aliphatic rings. The van der Waals surface area contributed by atoms with Gasteiger partial charge in [-0.05, 0) is 46.5 Å². The molecule has 0 aliphatic carbocycles. The summed E-state index contributed by atoms with van der Waals surface area (Å²) in [5.74, 6) is -0.805. The lowest BCUT2D eigenvalue weighted by Crippen LogP contribution is -2.53. The molecule has 120 valence electrons. The quantitative estimate of drug-likeness (QED) is 0.721. The number of nitrogens with zero attached hydrogens (tertiary/aromatic N) is 1. The fraction of sp³-hybridized carbons (Fsp3) is 0.867. The Bertz CT molecular complexity index is 418. The van der Waals surface area contributed by atoms with Gasteiger partial charge in [-0.25, -0.2) is 4.79 Å². The highest BCUT2D eigenvalue weighted by Gasteiger charge is 2.46. The van der Waals surface area contributed by atoms with Gasteiger partial charge in [0.25, 0.3) is 0 Å². The van der Waals surface area contributed by atoms with Gasteiger partial charge in [0, 0.05) is 18.6 Å². The minimum atomic E-state index is -0.733. The molecule has 6 nitrogen and oxygen atoms in total. The summed E-state index contributed by atoms with van der Waals surface area (Å²) in [6.07, 6.45) is 2.91. The highest BCUT2D eigenvalue weighted by Crippen LogP contribution is 2.34. The Kier molecular flexibility index (Phi) is 4.58. The van der Waals surface area contributed by atoms with E-state index in [2.05, 4.69) is 0 Å². The Morgan fingerprint density at radius 2 is 1.95 bits per heavy atom. The van der Waals surface area contributed by atoms with Gasteiger partial charge in [-0.2, -0.15) is 0 Å². The van der Waals surface area contributed by atoms with Crippen LogP contribution in [0.2, 0.25) is 0 Å². The number of hydrogen-bond acceptors (Lipinski definition) is 5. The number of carbonyl (C=O) groups excluding carboxylic acids is 2. The second-order valence-electron chi connectivity index (χ2n) is 7.07. The molecule has 2 rings (SSSR count). The number of fused-ring (bicyclic) bond motifs is 1. The lowest BCUT2D eigenvalue weighted by Gasteiger charge is -2.31. The molecular weight excluding hydrogens is 272 g/mol. The maximum absolute atomic E-state index is 12.6. The Balaban J connectivity index is 2.17. The van der Waals surface area contributed by atoms with Crippen LogP contribution < -0.4 is 5.73 Å². The van der Waals surface area contributed by atoms with Crippen LogP contribution in [0.15, 0.2) is 0 Å². The van der Waals surface area contributed by atoms with E-state index in [-0.39, 0.29) is 30.4 Å². The Morgan fingerprint density at radius 3 is 2.52 bits per heavy atom. The van der Waals surface area contributed by atoms with Crippen molar-refractivity contribution in [2.45, 2.75) is 70.2 Å². The summed E-state index contributed by atoms with van der Waals surface area (Å²) in [6, 6.07) is -1.23. The van der Waals surface area contributed by atoms with E-state index in [9.17, 15) is 14.7 Å². The van der Waals surface area contributed by atoms with Gasteiger partial charge in [-0.15, -0.1) is 0 Å². The molecule has 0 aromatic carbocycles. The first-order chi connectivity index (χ1) is 9.74. The van der Waals surface area contributed by atoms with Crippen LogP contribution in [0.3, 0.4) is 0 Å². The molecule has 0 aromatic rings.